The smallest absolute Gasteiger partial charge is 0.225 e. The van der Waals surface area contributed by atoms with Crippen molar-refractivity contribution in [2.45, 2.75) is 13.3 Å². The number of aromatic amines is 1. The van der Waals surface area contributed by atoms with E-state index in [1.54, 1.807) is 12.4 Å². The van der Waals surface area contributed by atoms with Crippen LogP contribution in [0.4, 0.5) is 5.95 Å². The van der Waals surface area contributed by atoms with Crippen molar-refractivity contribution >= 4 is 22.8 Å². The molecule has 1 saturated heterocycles. The molecule has 0 radical (unpaired) electrons. The molecule has 1 aliphatic rings. The Labute approximate surface area is 183 Å². The SMILES string of the molecule is CCNC(=NCCN1CCN(c2ncccn2)CC1)NCCc1c[nH]c2ccccc12. The van der Waals surface area contributed by atoms with Gasteiger partial charge in [0.25, 0.3) is 0 Å². The molecule has 0 atom stereocenters. The summed E-state index contributed by atoms with van der Waals surface area (Å²) in [6.45, 7) is 9.48. The van der Waals surface area contributed by atoms with Crippen LogP contribution in [0.1, 0.15) is 12.5 Å². The van der Waals surface area contributed by atoms with Crippen molar-refractivity contribution in [1.82, 2.24) is 30.5 Å². The third kappa shape index (κ3) is 5.73. The van der Waals surface area contributed by atoms with Crippen LogP contribution in [0, 0.1) is 0 Å². The number of nitrogens with one attached hydrogen (secondary N) is 3. The fourth-order valence-electron chi connectivity index (χ4n) is 3.92. The number of nitrogens with zero attached hydrogens (tertiary/aromatic N) is 5. The van der Waals surface area contributed by atoms with Gasteiger partial charge in [-0.15, -0.1) is 0 Å². The number of benzene rings is 1. The van der Waals surface area contributed by atoms with E-state index in [0.717, 1.165) is 70.7 Å². The summed E-state index contributed by atoms with van der Waals surface area (Å²) in [6.07, 6.45) is 6.67. The molecule has 1 aromatic carbocycles. The lowest BCUT2D eigenvalue weighted by Gasteiger charge is -2.34. The number of para-hydroxylation sites is 1. The number of aliphatic imine (C=N–C) groups is 1. The van der Waals surface area contributed by atoms with Crippen LogP contribution in [-0.2, 0) is 6.42 Å². The van der Waals surface area contributed by atoms with E-state index in [2.05, 4.69) is 72.8 Å². The van der Waals surface area contributed by atoms with Gasteiger partial charge < -0.3 is 20.5 Å². The average molecular weight is 421 g/mol. The first-order valence-electron chi connectivity index (χ1n) is 11.1. The summed E-state index contributed by atoms with van der Waals surface area (Å²) in [7, 11) is 0. The number of anilines is 1. The van der Waals surface area contributed by atoms with E-state index in [1.807, 2.05) is 6.07 Å². The number of aromatic nitrogens is 3. The molecule has 0 amide bonds. The van der Waals surface area contributed by atoms with E-state index in [0.29, 0.717) is 0 Å². The minimum absolute atomic E-state index is 0.782. The lowest BCUT2D eigenvalue weighted by Crippen LogP contribution is -2.47. The Balaban J connectivity index is 1.21. The van der Waals surface area contributed by atoms with E-state index < -0.39 is 0 Å². The highest BCUT2D eigenvalue weighted by Gasteiger charge is 2.18. The predicted molar refractivity (Wildman–Crippen MR) is 127 cm³/mol. The van der Waals surface area contributed by atoms with Crippen LogP contribution in [0.25, 0.3) is 10.9 Å². The van der Waals surface area contributed by atoms with Crippen molar-refractivity contribution in [2.24, 2.45) is 4.99 Å². The highest BCUT2D eigenvalue weighted by molar-refractivity contribution is 5.83. The van der Waals surface area contributed by atoms with E-state index >= 15 is 0 Å². The van der Waals surface area contributed by atoms with Crippen molar-refractivity contribution in [3.05, 3.63) is 54.5 Å². The van der Waals surface area contributed by atoms with Gasteiger partial charge in [-0.3, -0.25) is 9.89 Å². The fourth-order valence-corrected chi connectivity index (χ4v) is 3.92. The van der Waals surface area contributed by atoms with Gasteiger partial charge in [0.1, 0.15) is 0 Å². The third-order valence-electron chi connectivity index (χ3n) is 5.60. The van der Waals surface area contributed by atoms with Crippen LogP contribution in [-0.4, -0.2) is 78.2 Å². The normalized spacial score (nSPS) is 15.4. The van der Waals surface area contributed by atoms with Crippen molar-refractivity contribution in [3.63, 3.8) is 0 Å². The first-order valence-corrected chi connectivity index (χ1v) is 11.1. The van der Waals surface area contributed by atoms with Crippen LogP contribution in [0.15, 0.2) is 53.9 Å². The van der Waals surface area contributed by atoms with Crippen molar-refractivity contribution in [1.29, 1.82) is 0 Å². The second kappa shape index (κ2) is 10.8. The van der Waals surface area contributed by atoms with Gasteiger partial charge in [-0.2, -0.15) is 0 Å². The zero-order valence-corrected chi connectivity index (χ0v) is 18.2. The Morgan fingerprint density at radius 2 is 1.87 bits per heavy atom. The molecule has 3 aromatic rings. The van der Waals surface area contributed by atoms with Crippen molar-refractivity contribution < 1.29 is 0 Å². The number of guanidine groups is 1. The highest BCUT2D eigenvalue weighted by Crippen LogP contribution is 2.17. The number of H-pyrrole nitrogens is 1. The topological polar surface area (TPSA) is 84.5 Å². The molecule has 0 spiro atoms. The average Bonchev–Trinajstić information content (AvgIpc) is 3.23. The Morgan fingerprint density at radius 1 is 1.06 bits per heavy atom. The highest BCUT2D eigenvalue weighted by atomic mass is 15.3. The second-order valence-corrected chi connectivity index (χ2v) is 7.67. The maximum absolute atomic E-state index is 4.77. The quantitative estimate of drug-likeness (QED) is 0.381. The molecule has 31 heavy (non-hydrogen) atoms. The molecule has 8 heteroatoms. The third-order valence-corrected chi connectivity index (χ3v) is 5.60. The summed E-state index contributed by atoms with van der Waals surface area (Å²) < 4.78 is 0. The number of fused-ring (bicyclic) bond motifs is 1. The number of hydrogen-bond donors (Lipinski definition) is 3. The molecule has 1 fully saturated rings. The largest absolute Gasteiger partial charge is 0.361 e. The molecule has 3 N–H and O–H groups in total. The summed E-state index contributed by atoms with van der Waals surface area (Å²) in [6, 6.07) is 10.3. The van der Waals surface area contributed by atoms with Crippen LogP contribution < -0.4 is 15.5 Å². The van der Waals surface area contributed by atoms with Gasteiger partial charge in [-0.25, -0.2) is 9.97 Å². The Morgan fingerprint density at radius 3 is 2.68 bits per heavy atom. The zero-order chi connectivity index (χ0) is 21.3. The van der Waals surface area contributed by atoms with E-state index in [-0.39, 0.29) is 0 Å². The maximum Gasteiger partial charge on any atom is 0.225 e. The predicted octanol–water partition coefficient (Wildman–Crippen LogP) is 1.88. The van der Waals surface area contributed by atoms with E-state index in [1.165, 1.54) is 16.5 Å². The van der Waals surface area contributed by atoms with Crippen LogP contribution in [0.3, 0.4) is 0 Å². The lowest BCUT2D eigenvalue weighted by atomic mass is 10.1. The molecule has 4 rings (SSSR count). The monoisotopic (exact) mass is 420 g/mol. The van der Waals surface area contributed by atoms with Gasteiger partial charge in [-0.1, -0.05) is 18.2 Å². The maximum atomic E-state index is 4.77. The van der Waals surface area contributed by atoms with Gasteiger partial charge in [0.2, 0.25) is 5.95 Å². The zero-order valence-electron chi connectivity index (χ0n) is 18.2. The van der Waals surface area contributed by atoms with Gasteiger partial charge in [0.05, 0.1) is 6.54 Å². The lowest BCUT2D eigenvalue weighted by molar-refractivity contribution is 0.263. The number of hydrogen-bond acceptors (Lipinski definition) is 5. The number of rotatable bonds is 8. The number of piperazine rings is 1. The van der Waals surface area contributed by atoms with Crippen LogP contribution in [0.2, 0.25) is 0 Å². The molecule has 8 nitrogen and oxygen atoms in total. The summed E-state index contributed by atoms with van der Waals surface area (Å²) in [5, 5.41) is 8.12. The van der Waals surface area contributed by atoms with Gasteiger partial charge in [-0.05, 0) is 31.0 Å². The Kier molecular flexibility index (Phi) is 7.33. The van der Waals surface area contributed by atoms with Gasteiger partial charge in [0, 0.05) is 75.3 Å². The minimum Gasteiger partial charge on any atom is -0.361 e. The second-order valence-electron chi connectivity index (χ2n) is 7.67. The standard InChI is InChI=1S/C23H32N8/c1-2-24-22(25-11-8-19-18-29-21-7-4-3-6-20(19)21)26-12-13-30-14-16-31(17-15-30)23-27-9-5-10-28-23/h3-7,9-10,18,29H,2,8,11-17H2,1H3,(H2,24,25,26). The summed E-state index contributed by atoms with van der Waals surface area (Å²) in [5.74, 6) is 1.72. The molecule has 1 aliphatic heterocycles. The summed E-state index contributed by atoms with van der Waals surface area (Å²) >= 11 is 0. The molecular formula is C23H32N8. The molecule has 3 heterocycles. The summed E-state index contributed by atoms with van der Waals surface area (Å²) in [5.41, 5.74) is 2.52. The van der Waals surface area contributed by atoms with Gasteiger partial charge >= 0.3 is 0 Å². The van der Waals surface area contributed by atoms with Crippen LogP contribution in [0.5, 0.6) is 0 Å². The van der Waals surface area contributed by atoms with Gasteiger partial charge in [0.15, 0.2) is 5.96 Å². The Bertz CT molecular complexity index is 960. The Hall–Kier alpha value is -3.13. The molecule has 0 bridgehead atoms. The molecule has 2 aromatic heterocycles. The summed E-state index contributed by atoms with van der Waals surface area (Å²) in [4.78, 5) is 21.5. The van der Waals surface area contributed by atoms with Crippen LogP contribution >= 0.6 is 0 Å². The minimum atomic E-state index is 0.782. The van der Waals surface area contributed by atoms with Crippen molar-refractivity contribution in [2.75, 3.05) is 57.3 Å². The van der Waals surface area contributed by atoms with Crippen molar-refractivity contribution in [3.8, 4) is 0 Å². The van der Waals surface area contributed by atoms with E-state index in [9.17, 15) is 0 Å². The molecule has 0 saturated carbocycles. The fraction of sp³-hybridized carbons (Fsp3) is 0.435. The molecule has 0 unspecified atom stereocenters. The van der Waals surface area contributed by atoms with E-state index in [4.69, 9.17) is 4.99 Å². The molecule has 0 aliphatic carbocycles. The first-order chi connectivity index (χ1) is 15.3. The first kappa shape index (κ1) is 21.1. The molecule has 164 valence electrons. The molecular weight excluding hydrogens is 388 g/mol.